The molecule has 0 spiro atoms. The maximum Gasteiger partial charge on any atom is 0.250 e. The molecular formula is C18H20N4O. The predicted octanol–water partition coefficient (Wildman–Crippen LogP) is 3.66. The molecule has 5 heteroatoms. The monoisotopic (exact) mass is 308 g/mol. The van der Waals surface area contributed by atoms with Crippen molar-refractivity contribution in [3.63, 3.8) is 0 Å². The lowest BCUT2D eigenvalue weighted by Crippen LogP contribution is -2.23. The summed E-state index contributed by atoms with van der Waals surface area (Å²) >= 11 is 0. The normalized spacial score (nSPS) is 15.8. The molecule has 1 fully saturated rings. The van der Waals surface area contributed by atoms with Crippen LogP contribution in [0.4, 0.5) is 5.69 Å². The topological polar surface area (TPSA) is 73.6 Å². The van der Waals surface area contributed by atoms with Gasteiger partial charge in [0.05, 0.1) is 5.69 Å². The third-order valence-electron chi connectivity index (χ3n) is 4.56. The number of nitrogens with zero attached hydrogens (tertiary/aromatic N) is 1. The largest absolute Gasteiger partial charge is 0.382 e. The summed E-state index contributed by atoms with van der Waals surface area (Å²) in [6.45, 7) is 0. The van der Waals surface area contributed by atoms with Gasteiger partial charge in [0.2, 0.25) is 5.56 Å². The predicted molar refractivity (Wildman–Crippen MR) is 92.6 cm³/mol. The third kappa shape index (κ3) is 2.86. The molecule has 5 nitrogen and oxygen atoms in total. The number of anilines is 1. The molecule has 0 unspecified atom stereocenters. The Morgan fingerprint density at radius 2 is 2.04 bits per heavy atom. The Hall–Kier alpha value is -2.56. The molecule has 0 radical (unpaired) electrons. The summed E-state index contributed by atoms with van der Waals surface area (Å²) in [5.74, 6) is 0. The lowest BCUT2D eigenvalue weighted by Gasteiger charge is -2.23. The van der Waals surface area contributed by atoms with E-state index in [1.165, 1.54) is 32.1 Å². The molecule has 1 aliphatic carbocycles. The second-order valence-corrected chi connectivity index (χ2v) is 6.23. The maximum absolute atomic E-state index is 12.1. The fourth-order valence-electron chi connectivity index (χ4n) is 3.43. The van der Waals surface area contributed by atoms with E-state index in [1.54, 1.807) is 12.3 Å². The van der Waals surface area contributed by atoms with E-state index in [4.69, 9.17) is 0 Å². The van der Waals surface area contributed by atoms with Crippen molar-refractivity contribution in [2.75, 3.05) is 5.32 Å². The minimum absolute atomic E-state index is 0.0842. The molecule has 0 saturated heterocycles. The quantitative estimate of drug-likeness (QED) is 0.691. The van der Waals surface area contributed by atoms with Gasteiger partial charge < -0.3 is 15.3 Å². The van der Waals surface area contributed by atoms with E-state index in [2.05, 4.69) is 20.3 Å². The molecule has 0 aliphatic heterocycles. The lowest BCUT2D eigenvalue weighted by atomic mass is 9.95. The van der Waals surface area contributed by atoms with Gasteiger partial charge in [-0.05, 0) is 31.0 Å². The van der Waals surface area contributed by atoms with Crippen molar-refractivity contribution in [2.24, 2.45) is 0 Å². The van der Waals surface area contributed by atoms with Gasteiger partial charge in [-0.25, -0.2) is 4.98 Å². The fourth-order valence-corrected chi connectivity index (χ4v) is 3.43. The van der Waals surface area contributed by atoms with Crippen molar-refractivity contribution in [2.45, 2.75) is 38.1 Å². The Labute approximate surface area is 134 Å². The standard InChI is InChI=1S/C18H20N4O/c23-17-10-13(21-12-5-2-1-3-6-12)9-16(22-17)15-11-20-18-14(15)7-4-8-19-18/h4,7-12H,1-3,5-6H2,(H,19,20)(H2,21,22,23). The Balaban J connectivity index is 1.70. The van der Waals surface area contributed by atoms with Gasteiger partial charge in [-0.2, -0.15) is 0 Å². The van der Waals surface area contributed by atoms with Crippen LogP contribution in [0.15, 0.2) is 41.5 Å². The van der Waals surface area contributed by atoms with E-state index in [9.17, 15) is 4.79 Å². The fraction of sp³-hybridized carbons (Fsp3) is 0.333. The molecule has 4 rings (SSSR count). The van der Waals surface area contributed by atoms with Crippen LogP contribution in [0.5, 0.6) is 0 Å². The Bertz CT molecular complexity index is 874. The highest BCUT2D eigenvalue weighted by atomic mass is 16.1. The molecule has 3 heterocycles. The van der Waals surface area contributed by atoms with Crippen molar-refractivity contribution in [1.82, 2.24) is 15.0 Å². The van der Waals surface area contributed by atoms with Crippen molar-refractivity contribution in [3.05, 3.63) is 47.0 Å². The Kier molecular flexibility index (Phi) is 3.61. The molecule has 118 valence electrons. The number of hydrogen-bond acceptors (Lipinski definition) is 3. The first-order chi connectivity index (χ1) is 11.3. The molecule has 1 saturated carbocycles. The minimum atomic E-state index is -0.0842. The molecule has 0 amide bonds. The number of aromatic nitrogens is 3. The number of nitrogens with one attached hydrogen (secondary N) is 3. The Morgan fingerprint density at radius 3 is 2.91 bits per heavy atom. The van der Waals surface area contributed by atoms with Gasteiger partial charge in [0.15, 0.2) is 0 Å². The molecule has 1 aliphatic rings. The van der Waals surface area contributed by atoms with Gasteiger partial charge in [0.25, 0.3) is 0 Å². The van der Waals surface area contributed by atoms with E-state index in [0.29, 0.717) is 6.04 Å². The van der Waals surface area contributed by atoms with Crippen LogP contribution < -0.4 is 10.9 Å². The highest BCUT2D eigenvalue weighted by Gasteiger charge is 2.14. The van der Waals surface area contributed by atoms with E-state index in [-0.39, 0.29) is 5.56 Å². The second-order valence-electron chi connectivity index (χ2n) is 6.23. The zero-order valence-corrected chi connectivity index (χ0v) is 12.9. The highest BCUT2D eigenvalue weighted by Crippen LogP contribution is 2.28. The number of hydrogen-bond donors (Lipinski definition) is 3. The molecule has 3 N–H and O–H groups in total. The van der Waals surface area contributed by atoms with Crippen LogP contribution in [0.3, 0.4) is 0 Å². The van der Waals surface area contributed by atoms with Crippen LogP contribution in [-0.2, 0) is 0 Å². The average Bonchev–Trinajstić information content (AvgIpc) is 2.99. The van der Waals surface area contributed by atoms with Crippen molar-refractivity contribution < 1.29 is 0 Å². The van der Waals surface area contributed by atoms with E-state index < -0.39 is 0 Å². The van der Waals surface area contributed by atoms with Crippen molar-refractivity contribution in [1.29, 1.82) is 0 Å². The first kappa shape index (κ1) is 14.1. The summed E-state index contributed by atoms with van der Waals surface area (Å²) in [5, 5.41) is 4.54. The van der Waals surface area contributed by atoms with Crippen molar-refractivity contribution in [3.8, 4) is 11.3 Å². The van der Waals surface area contributed by atoms with Crippen LogP contribution >= 0.6 is 0 Å². The lowest BCUT2D eigenvalue weighted by molar-refractivity contribution is 0.462. The summed E-state index contributed by atoms with van der Waals surface area (Å²) in [5.41, 5.74) is 3.43. The Morgan fingerprint density at radius 1 is 1.17 bits per heavy atom. The smallest absolute Gasteiger partial charge is 0.250 e. The van der Waals surface area contributed by atoms with Crippen LogP contribution in [0.2, 0.25) is 0 Å². The number of aromatic amines is 2. The van der Waals surface area contributed by atoms with E-state index in [0.717, 1.165) is 28.0 Å². The van der Waals surface area contributed by atoms with Crippen LogP contribution in [0, 0.1) is 0 Å². The summed E-state index contributed by atoms with van der Waals surface area (Å²) < 4.78 is 0. The first-order valence-corrected chi connectivity index (χ1v) is 8.23. The SMILES string of the molecule is O=c1cc(NC2CCCCC2)cc(-c2c[nH]c3ncccc23)[nH]1. The van der Waals surface area contributed by atoms with Crippen LogP contribution in [0.25, 0.3) is 22.3 Å². The first-order valence-electron chi connectivity index (χ1n) is 8.23. The van der Waals surface area contributed by atoms with Gasteiger partial charge in [0, 0.05) is 41.1 Å². The molecular weight excluding hydrogens is 288 g/mol. The van der Waals surface area contributed by atoms with E-state index in [1.807, 2.05) is 24.4 Å². The zero-order chi connectivity index (χ0) is 15.6. The van der Waals surface area contributed by atoms with Gasteiger partial charge in [-0.3, -0.25) is 4.79 Å². The van der Waals surface area contributed by atoms with Crippen LogP contribution in [-0.4, -0.2) is 21.0 Å². The maximum atomic E-state index is 12.1. The summed E-state index contributed by atoms with van der Waals surface area (Å²) in [7, 11) is 0. The summed E-state index contributed by atoms with van der Waals surface area (Å²) in [6.07, 6.45) is 9.86. The highest BCUT2D eigenvalue weighted by molar-refractivity contribution is 5.92. The van der Waals surface area contributed by atoms with E-state index >= 15 is 0 Å². The van der Waals surface area contributed by atoms with Gasteiger partial charge in [0.1, 0.15) is 5.65 Å². The number of rotatable bonds is 3. The number of pyridine rings is 2. The van der Waals surface area contributed by atoms with Gasteiger partial charge in [-0.1, -0.05) is 19.3 Å². The zero-order valence-electron chi connectivity index (χ0n) is 12.9. The number of fused-ring (bicyclic) bond motifs is 1. The number of H-pyrrole nitrogens is 2. The molecule has 3 aromatic heterocycles. The van der Waals surface area contributed by atoms with Gasteiger partial charge in [-0.15, -0.1) is 0 Å². The molecule has 0 bridgehead atoms. The minimum Gasteiger partial charge on any atom is -0.382 e. The molecule has 23 heavy (non-hydrogen) atoms. The van der Waals surface area contributed by atoms with Gasteiger partial charge >= 0.3 is 0 Å². The summed E-state index contributed by atoms with van der Waals surface area (Å²) in [4.78, 5) is 22.5. The van der Waals surface area contributed by atoms with Crippen LogP contribution in [0.1, 0.15) is 32.1 Å². The average molecular weight is 308 g/mol. The summed E-state index contributed by atoms with van der Waals surface area (Å²) in [6, 6.07) is 8.05. The van der Waals surface area contributed by atoms with Crippen molar-refractivity contribution >= 4 is 16.7 Å². The molecule has 3 aromatic rings. The second kappa shape index (κ2) is 5.91. The molecule has 0 atom stereocenters. The molecule has 0 aromatic carbocycles. The third-order valence-corrected chi connectivity index (χ3v) is 4.56.